The lowest BCUT2D eigenvalue weighted by molar-refractivity contribution is -0.181. The van der Waals surface area contributed by atoms with Gasteiger partial charge in [0.05, 0.1) is 0 Å². The predicted molar refractivity (Wildman–Crippen MR) is 67.3 cm³/mol. The van der Waals surface area contributed by atoms with Gasteiger partial charge in [-0.3, -0.25) is 0 Å². The van der Waals surface area contributed by atoms with Crippen molar-refractivity contribution in [1.82, 2.24) is 0 Å². The maximum Gasteiger partial charge on any atom is 0.187 e. The van der Waals surface area contributed by atoms with Crippen LogP contribution >= 0.6 is 0 Å². The Bertz CT molecular complexity index is 264. The van der Waals surface area contributed by atoms with Crippen LogP contribution < -0.4 is 0 Å². The molecule has 2 heteroatoms. The molecule has 1 unspecified atom stereocenters. The fourth-order valence-corrected chi connectivity index (χ4v) is 2.52. The van der Waals surface area contributed by atoms with Gasteiger partial charge in [0.2, 0.25) is 0 Å². The standard InChI is InChI=1S/C14H24O2/c1-5-7-13(8-6-2)9-11-14(15-3,16-4)12-10-13/h5,7,9,11H,6,8,10,12H2,1-4H3. The van der Waals surface area contributed by atoms with Gasteiger partial charge < -0.3 is 9.47 Å². The van der Waals surface area contributed by atoms with Gasteiger partial charge in [0, 0.05) is 26.1 Å². The molecule has 0 aliphatic heterocycles. The predicted octanol–water partition coefficient (Wildman–Crippen LogP) is 3.69. The molecule has 0 aromatic rings. The van der Waals surface area contributed by atoms with Crippen molar-refractivity contribution in [2.24, 2.45) is 5.41 Å². The topological polar surface area (TPSA) is 18.5 Å². The highest BCUT2D eigenvalue weighted by Crippen LogP contribution is 2.41. The molecule has 0 aromatic carbocycles. The fraction of sp³-hybridized carbons (Fsp3) is 0.714. The first-order valence-corrected chi connectivity index (χ1v) is 6.10. The minimum Gasteiger partial charge on any atom is -0.350 e. The number of hydrogen-bond acceptors (Lipinski definition) is 2. The van der Waals surface area contributed by atoms with Crippen LogP contribution in [0.2, 0.25) is 0 Å². The van der Waals surface area contributed by atoms with E-state index < -0.39 is 5.79 Å². The largest absolute Gasteiger partial charge is 0.350 e. The van der Waals surface area contributed by atoms with Gasteiger partial charge in [-0.25, -0.2) is 0 Å². The summed E-state index contributed by atoms with van der Waals surface area (Å²) in [5.74, 6) is -0.501. The zero-order chi connectivity index (χ0) is 12.1. The summed E-state index contributed by atoms with van der Waals surface area (Å²) in [6.45, 7) is 4.31. The number of allylic oxidation sites excluding steroid dienone is 3. The normalized spacial score (nSPS) is 28.8. The van der Waals surface area contributed by atoms with Gasteiger partial charge in [-0.15, -0.1) is 0 Å². The smallest absolute Gasteiger partial charge is 0.187 e. The van der Waals surface area contributed by atoms with E-state index in [0.29, 0.717) is 0 Å². The lowest BCUT2D eigenvalue weighted by Gasteiger charge is -2.38. The first-order chi connectivity index (χ1) is 7.66. The highest BCUT2D eigenvalue weighted by molar-refractivity contribution is 5.18. The Hall–Kier alpha value is -0.600. The van der Waals surface area contributed by atoms with E-state index in [9.17, 15) is 0 Å². The Balaban J connectivity index is 2.87. The molecule has 0 heterocycles. The molecule has 0 spiro atoms. The first-order valence-electron chi connectivity index (χ1n) is 6.10. The Morgan fingerprint density at radius 3 is 2.25 bits per heavy atom. The molecule has 16 heavy (non-hydrogen) atoms. The molecule has 1 aliphatic rings. The molecule has 0 amide bonds. The summed E-state index contributed by atoms with van der Waals surface area (Å²) >= 11 is 0. The molecule has 0 saturated carbocycles. The van der Waals surface area contributed by atoms with Crippen LogP contribution in [0, 0.1) is 5.41 Å². The van der Waals surface area contributed by atoms with E-state index in [1.54, 1.807) is 14.2 Å². The van der Waals surface area contributed by atoms with E-state index in [1.807, 2.05) is 0 Å². The van der Waals surface area contributed by atoms with Crippen molar-refractivity contribution in [2.75, 3.05) is 14.2 Å². The Morgan fingerprint density at radius 1 is 1.19 bits per heavy atom. The molecule has 1 atom stereocenters. The van der Waals surface area contributed by atoms with E-state index >= 15 is 0 Å². The molecular weight excluding hydrogens is 200 g/mol. The average Bonchev–Trinajstić information content (AvgIpc) is 2.32. The molecule has 0 aromatic heterocycles. The van der Waals surface area contributed by atoms with Crippen molar-refractivity contribution < 1.29 is 9.47 Å². The molecule has 92 valence electrons. The average molecular weight is 224 g/mol. The van der Waals surface area contributed by atoms with Crippen molar-refractivity contribution in [3.05, 3.63) is 24.3 Å². The van der Waals surface area contributed by atoms with Crippen molar-refractivity contribution in [3.63, 3.8) is 0 Å². The number of hydrogen-bond donors (Lipinski definition) is 0. The molecule has 0 fully saturated rings. The fourth-order valence-electron chi connectivity index (χ4n) is 2.52. The number of ether oxygens (including phenoxy) is 2. The zero-order valence-corrected chi connectivity index (χ0v) is 11.0. The lowest BCUT2D eigenvalue weighted by atomic mass is 9.74. The van der Waals surface area contributed by atoms with Gasteiger partial charge in [-0.05, 0) is 25.8 Å². The second-order valence-electron chi connectivity index (χ2n) is 4.54. The minimum absolute atomic E-state index is 0.212. The van der Waals surface area contributed by atoms with Gasteiger partial charge in [-0.2, -0.15) is 0 Å². The Labute approximate surface area is 99.3 Å². The summed E-state index contributed by atoms with van der Waals surface area (Å²) in [7, 11) is 3.41. The molecule has 0 radical (unpaired) electrons. The van der Waals surface area contributed by atoms with Crippen molar-refractivity contribution in [1.29, 1.82) is 0 Å². The lowest BCUT2D eigenvalue weighted by Crippen LogP contribution is -2.37. The third kappa shape index (κ3) is 2.74. The van der Waals surface area contributed by atoms with Crippen LogP contribution in [0.3, 0.4) is 0 Å². The van der Waals surface area contributed by atoms with Crippen molar-refractivity contribution in [3.8, 4) is 0 Å². The number of methoxy groups -OCH3 is 2. The van der Waals surface area contributed by atoms with E-state index in [4.69, 9.17) is 9.47 Å². The van der Waals surface area contributed by atoms with Gasteiger partial charge in [0.15, 0.2) is 5.79 Å². The monoisotopic (exact) mass is 224 g/mol. The summed E-state index contributed by atoms with van der Waals surface area (Å²) in [4.78, 5) is 0. The third-order valence-electron chi connectivity index (χ3n) is 3.51. The second kappa shape index (κ2) is 5.65. The Kier molecular flexibility index (Phi) is 4.75. The van der Waals surface area contributed by atoms with E-state index in [0.717, 1.165) is 12.8 Å². The summed E-state index contributed by atoms with van der Waals surface area (Å²) < 4.78 is 10.9. The minimum atomic E-state index is -0.501. The summed E-state index contributed by atoms with van der Waals surface area (Å²) in [5, 5.41) is 0. The summed E-state index contributed by atoms with van der Waals surface area (Å²) in [6.07, 6.45) is 13.2. The summed E-state index contributed by atoms with van der Waals surface area (Å²) in [6, 6.07) is 0. The van der Waals surface area contributed by atoms with Crippen LogP contribution in [0.5, 0.6) is 0 Å². The third-order valence-corrected chi connectivity index (χ3v) is 3.51. The summed E-state index contributed by atoms with van der Waals surface area (Å²) in [5.41, 5.74) is 0.212. The van der Waals surface area contributed by atoms with Crippen LogP contribution in [-0.4, -0.2) is 20.0 Å². The molecule has 0 bridgehead atoms. The van der Waals surface area contributed by atoms with Gasteiger partial charge in [0.1, 0.15) is 0 Å². The van der Waals surface area contributed by atoms with E-state index in [1.165, 1.54) is 12.8 Å². The van der Waals surface area contributed by atoms with E-state index in [2.05, 4.69) is 38.2 Å². The van der Waals surface area contributed by atoms with Crippen LogP contribution in [-0.2, 0) is 9.47 Å². The highest BCUT2D eigenvalue weighted by Gasteiger charge is 2.36. The molecule has 0 N–H and O–H groups in total. The SMILES string of the molecule is CC=CC1(CCC)C=CC(OC)(OC)CC1. The zero-order valence-electron chi connectivity index (χ0n) is 11.0. The van der Waals surface area contributed by atoms with Crippen LogP contribution in [0.15, 0.2) is 24.3 Å². The quantitative estimate of drug-likeness (QED) is 0.524. The maximum atomic E-state index is 5.44. The molecule has 0 saturated heterocycles. The molecular formula is C14H24O2. The van der Waals surface area contributed by atoms with Crippen LogP contribution in [0.25, 0.3) is 0 Å². The van der Waals surface area contributed by atoms with Gasteiger partial charge >= 0.3 is 0 Å². The van der Waals surface area contributed by atoms with E-state index in [-0.39, 0.29) is 5.41 Å². The van der Waals surface area contributed by atoms with Crippen LogP contribution in [0.1, 0.15) is 39.5 Å². The van der Waals surface area contributed by atoms with Crippen molar-refractivity contribution in [2.45, 2.75) is 45.3 Å². The van der Waals surface area contributed by atoms with Crippen molar-refractivity contribution >= 4 is 0 Å². The van der Waals surface area contributed by atoms with Crippen LogP contribution in [0.4, 0.5) is 0 Å². The van der Waals surface area contributed by atoms with Gasteiger partial charge in [0.25, 0.3) is 0 Å². The molecule has 1 rings (SSSR count). The number of rotatable bonds is 5. The Morgan fingerprint density at radius 2 is 1.88 bits per heavy atom. The molecule has 2 nitrogen and oxygen atoms in total. The van der Waals surface area contributed by atoms with Gasteiger partial charge in [-0.1, -0.05) is 31.6 Å². The second-order valence-corrected chi connectivity index (χ2v) is 4.54. The highest BCUT2D eigenvalue weighted by atomic mass is 16.7. The maximum absolute atomic E-state index is 5.44. The first kappa shape index (κ1) is 13.5. The molecule has 1 aliphatic carbocycles.